The van der Waals surface area contributed by atoms with Crippen molar-refractivity contribution in [3.8, 4) is 0 Å². The zero-order chi connectivity index (χ0) is 31.4. The van der Waals surface area contributed by atoms with Crippen molar-refractivity contribution in [3.63, 3.8) is 0 Å². The lowest BCUT2D eigenvalue weighted by molar-refractivity contribution is -0.133. The molecule has 4 N–H and O–H groups in total. The summed E-state index contributed by atoms with van der Waals surface area (Å²) in [5.74, 6) is 0.0480. The van der Waals surface area contributed by atoms with E-state index in [-0.39, 0.29) is 41.4 Å². The Morgan fingerprint density at radius 2 is 1.88 bits per heavy atom. The zero-order valence-electron chi connectivity index (χ0n) is 25.7. The van der Waals surface area contributed by atoms with Crippen LogP contribution in [0.5, 0.6) is 0 Å². The molecule has 0 saturated heterocycles. The Morgan fingerprint density at radius 1 is 1.21 bits per heavy atom. The molecule has 2 aromatic rings. The number of rotatable bonds is 10. The van der Waals surface area contributed by atoms with Gasteiger partial charge in [-0.1, -0.05) is 52.0 Å². The predicted molar refractivity (Wildman–Crippen MR) is 164 cm³/mol. The van der Waals surface area contributed by atoms with Crippen LogP contribution in [0.2, 0.25) is 0 Å². The van der Waals surface area contributed by atoms with Gasteiger partial charge in [-0.25, -0.2) is 4.39 Å². The average Bonchev–Trinajstić information content (AvgIpc) is 3.23. The highest BCUT2D eigenvalue weighted by molar-refractivity contribution is 6.46. The molecule has 0 radical (unpaired) electrons. The average molecular weight is 591 g/mol. The summed E-state index contributed by atoms with van der Waals surface area (Å²) in [5, 5.41) is 8.95. The normalized spacial score (nSPS) is 21.7. The molecule has 1 atom stereocenters. The Hall–Kier alpha value is -4.02. The molecule has 1 saturated carbocycles. The molecule has 1 aliphatic carbocycles. The van der Waals surface area contributed by atoms with E-state index >= 15 is 0 Å². The van der Waals surface area contributed by atoms with E-state index in [4.69, 9.17) is 16.3 Å². The van der Waals surface area contributed by atoms with Crippen molar-refractivity contribution in [2.24, 2.45) is 38.3 Å². The number of halogens is 1. The summed E-state index contributed by atoms with van der Waals surface area (Å²) >= 11 is 0. The Kier molecular flexibility index (Phi) is 9.72. The monoisotopic (exact) mass is 590 g/mol. The number of carbonyl (C=O) groups excluding carboxylic acids is 2. The van der Waals surface area contributed by atoms with E-state index in [0.717, 1.165) is 43.9 Å². The van der Waals surface area contributed by atoms with E-state index in [1.807, 2.05) is 17.0 Å². The van der Waals surface area contributed by atoms with Crippen LogP contribution in [0.4, 0.5) is 4.39 Å². The van der Waals surface area contributed by atoms with Gasteiger partial charge >= 0.3 is 0 Å². The van der Waals surface area contributed by atoms with Crippen LogP contribution in [0, 0.1) is 28.6 Å². The standard InChI is InChI=1S/C32H43FN8O2/c1-20(2)21-10-14-32(15-11-21)38-28(24-16-25(33)18-36-17-24)30(43)41(32)26(12-13-31(3,4)5)22-6-8-23(9-7-22)29(42)37-19-27(34)39-40-35/h6-9,16-18,20-21,26H,10-15,19H2,1-5H3,(H,37,42)(H3,34,35,39). The highest BCUT2D eigenvalue weighted by Gasteiger charge is 2.52. The molecule has 2 amide bonds. The third-order valence-electron chi connectivity index (χ3n) is 8.59. The summed E-state index contributed by atoms with van der Waals surface area (Å²) in [4.78, 5) is 38.2. The van der Waals surface area contributed by atoms with Gasteiger partial charge in [-0.05, 0) is 79.5 Å². The molecule has 230 valence electrons. The van der Waals surface area contributed by atoms with Crippen molar-refractivity contribution < 1.29 is 14.0 Å². The van der Waals surface area contributed by atoms with Gasteiger partial charge in [-0.15, -0.1) is 5.10 Å². The predicted octanol–water partition coefficient (Wildman–Crippen LogP) is 6.00. The van der Waals surface area contributed by atoms with Gasteiger partial charge in [0.25, 0.3) is 11.8 Å². The van der Waals surface area contributed by atoms with Gasteiger partial charge in [-0.2, -0.15) is 5.53 Å². The number of hydrogen-bond donors (Lipinski definition) is 3. The molecule has 2 heterocycles. The number of nitrogens with two attached hydrogens (primary N) is 1. The van der Waals surface area contributed by atoms with Crippen molar-refractivity contribution in [1.82, 2.24) is 15.2 Å². The van der Waals surface area contributed by atoms with Gasteiger partial charge in [0.2, 0.25) is 0 Å². The number of aromatic nitrogens is 1. The maximum Gasteiger partial charge on any atom is 0.275 e. The molecule has 43 heavy (non-hydrogen) atoms. The van der Waals surface area contributed by atoms with Crippen molar-refractivity contribution in [2.45, 2.75) is 84.8 Å². The number of amides is 2. The molecule has 1 fully saturated rings. The minimum absolute atomic E-state index is 0.0201. The Morgan fingerprint density at radius 3 is 2.47 bits per heavy atom. The lowest BCUT2D eigenvalue weighted by atomic mass is 9.75. The first-order chi connectivity index (χ1) is 20.3. The van der Waals surface area contributed by atoms with Crippen LogP contribution in [-0.4, -0.2) is 45.5 Å². The van der Waals surface area contributed by atoms with Crippen LogP contribution >= 0.6 is 0 Å². The second kappa shape index (κ2) is 13.1. The minimum atomic E-state index is -0.734. The minimum Gasteiger partial charge on any atom is -0.384 e. The highest BCUT2D eigenvalue weighted by Crippen LogP contribution is 2.48. The van der Waals surface area contributed by atoms with Gasteiger partial charge < -0.3 is 16.0 Å². The van der Waals surface area contributed by atoms with Crippen LogP contribution in [0.25, 0.3) is 0 Å². The van der Waals surface area contributed by atoms with Crippen molar-refractivity contribution in [3.05, 3.63) is 65.2 Å². The Labute approximate surface area is 252 Å². The second-order valence-corrected chi connectivity index (χ2v) is 13.2. The van der Waals surface area contributed by atoms with Crippen LogP contribution in [-0.2, 0) is 4.79 Å². The molecule has 1 aliphatic heterocycles. The first kappa shape index (κ1) is 31.9. The van der Waals surface area contributed by atoms with Gasteiger partial charge in [0, 0.05) is 17.3 Å². The molecule has 1 aromatic carbocycles. The van der Waals surface area contributed by atoms with Crippen molar-refractivity contribution in [2.75, 3.05) is 6.54 Å². The third-order valence-corrected chi connectivity index (χ3v) is 8.59. The number of amidine groups is 1. The molecule has 0 bridgehead atoms. The Bertz CT molecular complexity index is 1390. The summed E-state index contributed by atoms with van der Waals surface area (Å²) in [7, 11) is 0. The summed E-state index contributed by atoms with van der Waals surface area (Å²) in [6.07, 6.45) is 7.54. The van der Waals surface area contributed by atoms with Gasteiger partial charge in [0.15, 0.2) is 0 Å². The maximum absolute atomic E-state index is 14.4. The summed E-state index contributed by atoms with van der Waals surface area (Å²) in [6.45, 7) is 11.0. The molecule has 4 rings (SSSR count). The first-order valence-corrected chi connectivity index (χ1v) is 14.9. The van der Waals surface area contributed by atoms with Crippen LogP contribution in [0.3, 0.4) is 0 Å². The van der Waals surface area contributed by atoms with Crippen LogP contribution < -0.4 is 11.1 Å². The highest BCUT2D eigenvalue weighted by atomic mass is 19.1. The SMILES string of the molecule is CC(C)C1CCC2(CC1)N=C(c1cncc(F)c1)C(=O)N2C(CCC(C)(C)C)c1ccc(C(=O)NCC(N)=NN=N)cc1. The fourth-order valence-corrected chi connectivity index (χ4v) is 6.14. The third kappa shape index (κ3) is 7.50. The van der Waals surface area contributed by atoms with E-state index in [1.165, 1.54) is 12.3 Å². The van der Waals surface area contributed by atoms with Gasteiger partial charge in [-0.3, -0.25) is 19.6 Å². The molecule has 1 aromatic heterocycles. The molecule has 10 nitrogen and oxygen atoms in total. The van der Waals surface area contributed by atoms with Crippen LogP contribution in [0.1, 0.15) is 101 Å². The van der Waals surface area contributed by atoms with E-state index in [2.05, 4.69) is 55.2 Å². The maximum atomic E-state index is 14.4. The molecule has 1 unspecified atom stereocenters. The zero-order valence-corrected chi connectivity index (χ0v) is 25.7. The van der Waals surface area contributed by atoms with E-state index in [1.54, 1.807) is 12.1 Å². The first-order valence-electron chi connectivity index (χ1n) is 14.9. The molecular weight excluding hydrogens is 547 g/mol. The second-order valence-electron chi connectivity index (χ2n) is 13.2. The van der Waals surface area contributed by atoms with E-state index < -0.39 is 11.5 Å². The molecule has 2 aliphatic rings. The topological polar surface area (TPSA) is 149 Å². The summed E-state index contributed by atoms with van der Waals surface area (Å²) < 4.78 is 14.2. The number of nitrogens with zero attached hydrogens (tertiary/aromatic N) is 5. The lowest BCUT2D eigenvalue weighted by Gasteiger charge is -2.46. The van der Waals surface area contributed by atoms with Gasteiger partial charge in [0.1, 0.15) is 23.0 Å². The van der Waals surface area contributed by atoms with Crippen molar-refractivity contribution >= 4 is 23.4 Å². The molecule has 1 spiro atoms. The molecular formula is C32H43FN8O2. The van der Waals surface area contributed by atoms with Gasteiger partial charge in [0.05, 0.1) is 18.8 Å². The van der Waals surface area contributed by atoms with Crippen LogP contribution in [0.15, 0.2) is 58.0 Å². The number of aliphatic imine (C=N–C) groups is 1. The number of benzene rings is 1. The fraction of sp³-hybridized carbons (Fsp3) is 0.531. The molecule has 11 heteroatoms. The summed E-state index contributed by atoms with van der Waals surface area (Å²) in [6, 6.07) is 8.27. The Balaban J connectivity index is 1.71. The number of pyridine rings is 1. The number of hydrogen-bond acceptors (Lipinski definition) is 6. The van der Waals surface area contributed by atoms with E-state index in [0.29, 0.717) is 29.4 Å². The van der Waals surface area contributed by atoms with Crippen molar-refractivity contribution in [1.29, 1.82) is 5.53 Å². The number of nitrogens with one attached hydrogen (secondary N) is 2. The van der Waals surface area contributed by atoms with E-state index in [9.17, 15) is 14.0 Å². The quantitative estimate of drug-likeness (QED) is 0.135. The number of carbonyl (C=O) groups is 2. The fourth-order valence-electron chi connectivity index (χ4n) is 6.14. The largest absolute Gasteiger partial charge is 0.384 e. The smallest absolute Gasteiger partial charge is 0.275 e. The lowest BCUT2D eigenvalue weighted by Crippen LogP contribution is -2.51. The summed E-state index contributed by atoms with van der Waals surface area (Å²) in [5.41, 5.74) is 13.7.